The molecule has 0 unspecified atom stereocenters. The number of nitrogens with two attached hydrogens (primary N) is 1. The Kier molecular flexibility index (Phi) is 3.29. The molecule has 1 heterocycles. The summed E-state index contributed by atoms with van der Waals surface area (Å²) in [6, 6.07) is 10.4. The first kappa shape index (κ1) is 11.9. The average molecular weight is 244 g/mol. The number of rotatable bonds is 3. The lowest BCUT2D eigenvalue weighted by Crippen LogP contribution is -2.15. The van der Waals surface area contributed by atoms with E-state index in [0.717, 1.165) is 12.2 Å². The zero-order valence-electron chi connectivity index (χ0n) is 10.1. The number of thiocarbonyl (C=S) groups is 1. The molecule has 0 amide bonds. The second kappa shape index (κ2) is 4.72. The van der Waals surface area contributed by atoms with Crippen LogP contribution in [-0.2, 0) is 6.54 Å². The van der Waals surface area contributed by atoms with Crippen molar-refractivity contribution in [3.63, 3.8) is 0 Å². The minimum atomic E-state index is 0.443. The van der Waals surface area contributed by atoms with Gasteiger partial charge in [0, 0.05) is 12.7 Å². The van der Waals surface area contributed by atoms with Gasteiger partial charge in [0.2, 0.25) is 0 Å². The first-order valence-corrected chi connectivity index (χ1v) is 6.00. The summed E-state index contributed by atoms with van der Waals surface area (Å²) in [5, 5.41) is 0. The van der Waals surface area contributed by atoms with E-state index in [1.165, 1.54) is 16.7 Å². The molecule has 0 saturated carbocycles. The molecule has 1 aromatic carbocycles. The number of aryl methyl sites for hydroxylation is 2. The van der Waals surface area contributed by atoms with Crippen LogP contribution in [0, 0.1) is 13.8 Å². The Morgan fingerprint density at radius 1 is 1.24 bits per heavy atom. The molecule has 2 rings (SSSR count). The van der Waals surface area contributed by atoms with Crippen molar-refractivity contribution in [1.82, 2.24) is 4.57 Å². The summed E-state index contributed by atoms with van der Waals surface area (Å²) in [6.07, 6.45) is 2.00. The van der Waals surface area contributed by atoms with Crippen LogP contribution in [0.1, 0.15) is 22.4 Å². The summed E-state index contributed by atoms with van der Waals surface area (Å²) in [5.74, 6) is 0. The summed E-state index contributed by atoms with van der Waals surface area (Å²) in [5.41, 5.74) is 10.5. The van der Waals surface area contributed by atoms with E-state index in [9.17, 15) is 0 Å². The van der Waals surface area contributed by atoms with E-state index >= 15 is 0 Å². The summed E-state index contributed by atoms with van der Waals surface area (Å²) in [6.45, 7) is 5.05. The Morgan fingerprint density at radius 3 is 2.65 bits per heavy atom. The van der Waals surface area contributed by atoms with Crippen LogP contribution in [0.15, 0.2) is 36.5 Å². The Bertz CT molecular complexity index is 555. The van der Waals surface area contributed by atoms with Gasteiger partial charge in [-0.2, -0.15) is 0 Å². The van der Waals surface area contributed by atoms with Gasteiger partial charge in [-0.15, -0.1) is 0 Å². The topological polar surface area (TPSA) is 30.9 Å². The highest BCUT2D eigenvalue weighted by molar-refractivity contribution is 7.80. The molecule has 1 aromatic heterocycles. The molecular weight excluding hydrogens is 228 g/mol. The molecule has 0 spiro atoms. The normalized spacial score (nSPS) is 10.5. The lowest BCUT2D eigenvalue weighted by Gasteiger charge is -2.09. The molecule has 0 aliphatic rings. The van der Waals surface area contributed by atoms with Gasteiger partial charge in [0.1, 0.15) is 4.99 Å². The minimum Gasteiger partial charge on any atom is -0.388 e. The van der Waals surface area contributed by atoms with Crippen molar-refractivity contribution in [2.75, 3.05) is 0 Å². The van der Waals surface area contributed by atoms with Gasteiger partial charge in [-0.25, -0.2) is 0 Å². The van der Waals surface area contributed by atoms with Gasteiger partial charge < -0.3 is 10.3 Å². The summed E-state index contributed by atoms with van der Waals surface area (Å²) >= 11 is 5.02. The van der Waals surface area contributed by atoms with Crippen LogP contribution in [0.3, 0.4) is 0 Å². The first-order valence-electron chi connectivity index (χ1n) is 5.59. The van der Waals surface area contributed by atoms with Crippen molar-refractivity contribution in [2.24, 2.45) is 5.73 Å². The van der Waals surface area contributed by atoms with E-state index in [1.807, 2.05) is 18.3 Å². The number of benzene rings is 1. The molecule has 88 valence electrons. The van der Waals surface area contributed by atoms with Crippen LogP contribution in [0.25, 0.3) is 0 Å². The lowest BCUT2D eigenvalue weighted by molar-refractivity contribution is 0.797. The van der Waals surface area contributed by atoms with E-state index in [4.69, 9.17) is 18.0 Å². The van der Waals surface area contributed by atoms with Gasteiger partial charge in [-0.05, 0) is 42.7 Å². The molecule has 0 atom stereocenters. The zero-order valence-corrected chi connectivity index (χ0v) is 10.9. The van der Waals surface area contributed by atoms with Gasteiger partial charge in [0.05, 0.1) is 5.69 Å². The predicted octanol–water partition coefficient (Wildman–Crippen LogP) is 2.79. The van der Waals surface area contributed by atoms with Gasteiger partial charge >= 0.3 is 0 Å². The smallest absolute Gasteiger partial charge is 0.120 e. The van der Waals surface area contributed by atoms with Crippen LogP contribution < -0.4 is 5.73 Å². The molecular formula is C14H16N2S. The van der Waals surface area contributed by atoms with Gasteiger partial charge in [0.15, 0.2) is 0 Å². The average Bonchev–Trinajstić information content (AvgIpc) is 2.72. The molecule has 0 saturated heterocycles. The van der Waals surface area contributed by atoms with E-state index < -0.39 is 0 Å². The Labute approximate surface area is 107 Å². The summed E-state index contributed by atoms with van der Waals surface area (Å²) < 4.78 is 2.08. The molecule has 0 bridgehead atoms. The molecule has 0 aliphatic heterocycles. The van der Waals surface area contributed by atoms with Crippen LogP contribution in [0.2, 0.25) is 0 Å². The molecule has 2 aromatic rings. The predicted molar refractivity (Wildman–Crippen MR) is 75.3 cm³/mol. The largest absolute Gasteiger partial charge is 0.388 e. The van der Waals surface area contributed by atoms with Gasteiger partial charge in [0.25, 0.3) is 0 Å². The van der Waals surface area contributed by atoms with Crippen molar-refractivity contribution < 1.29 is 0 Å². The number of nitrogens with zero attached hydrogens (tertiary/aromatic N) is 1. The van der Waals surface area contributed by atoms with Crippen molar-refractivity contribution in [3.8, 4) is 0 Å². The zero-order chi connectivity index (χ0) is 12.4. The third-order valence-corrected chi connectivity index (χ3v) is 3.22. The molecule has 17 heavy (non-hydrogen) atoms. The standard InChI is InChI=1S/C14H16N2S/c1-10-5-6-12(8-11(10)2)9-16-7-3-4-13(16)14(15)17/h3-8H,9H2,1-2H3,(H2,15,17). The molecule has 0 fully saturated rings. The second-order valence-corrected chi connectivity index (χ2v) is 4.74. The van der Waals surface area contributed by atoms with Crippen molar-refractivity contribution in [2.45, 2.75) is 20.4 Å². The minimum absolute atomic E-state index is 0.443. The summed E-state index contributed by atoms with van der Waals surface area (Å²) in [7, 11) is 0. The monoisotopic (exact) mass is 244 g/mol. The Hall–Kier alpha value is -1.61. The van der Waals surface area contributed by atoms with Crippen LogP contribution in [0.5, 0.6) is 0 Å². The quantitative estimate of drug-likeness (QED) is 0.842. The van der Waals surface area contributed by atoms with Gasteiger partial charge in [-0.1, -0.05) is 30.4 Å². The molecule has 0 aliphatic carbocycles. The maximum absolute atomic E-state index is 5.68. The fraction of sp³-hybridized carbons (Fsp3) is 0.214. The number of hydrogen-bond acceptors (Lipinski definition) is 1. The van der Waals surface area contributed by atoms with E-state index in [0.29, 0.717) is 4.99 Å². The van der Waals surface area contributed by atoms with Crippen molar-refractivity contribution in [3.05, 3.63) is 58.9 Å². The molecule has 2 N–H and O–H groups in total. The molecule has 0 radical (unpaired) electrons. The van der Waals surface area contributed by atoms with E-state index in [1.54, 1.807) is 0 Å². The van der Waals surface area contributed by atoms with Crippen molar-refractivity contribution in [1.29, 1.82) is 0 Å². The van der Waals surface area contributed by atoms with E-state index in [-0.39, 0.29) is 0 Å². The number of hydrogen-bond donors (Lipinski definition) is 1. The fourth-order valence-corrected chi connectivity index (χ4v) is 2.06. The maximum Gasteiger partial charge on any atom is 0.120 e. The molecule has 2 nitrogen and oxygen atoms in total. The number of aromatic nitrogens is 1. The van der Waals surface area contributed by atoms with Crippen molar-refractivity contribution >= 4 is 17.2 Å². The van der Waals surface area contributed by atoms with Crippen LogP contribution in [0.4, 0.5) is 0 Å². The highest BCUT2D eigenvalue weighted by atomic mass is 32.1. The van der Waals surface area contributed by atoms with Crippen LogP contribution >= 0.6 is 12.2 Å². The Balaban J connectivity index is 2.28. The maximum atomic E-state index is 5.68. The van der Waals surface area contributed by atoms with E-state index in [2.05, 4.69) is 36.6 Å². The highest BCUT2D eigenvalue weighted by Crippen LogP contribution is 2.12. The Morgan fingerprint density at radius 2 is 2.00 bits per heavy atom. The third-order valence-electron chi connectivity index (χ3n) is 3.01. The molecule has 3 heteroatoms. The lowest BCUT2D eigenvalue weighted by atomic mass is 10.1. The summed E-state index contributed by atoms with van der Waals surface area (Å²) in [4.78, 5) is 0.443. The third kappa shape index (κ3) is 2.56. The van der Waals surface area contributed by atoms with Crippen LogP contribution in [-0.4, -0.2) is 9.56 Å². The fourth-order valence-electron chi connectivity index (χ4n) is 1.87. The first-order chi connectivity index (χ1) is 8.08. The second-order valence-electron chi connectivity index (χ2n) is 4.30. The van der Waals surface area contributed by atoms with Gasteiger partial charge in [-0.3, -0.25) is 0 Å². The highest BCUT2D eigenvalue weighted by Gasteiger charge is 2.04. The SMILES string of the molecule is Cc1ccc(Cn2cccc2C(N)=S)cc1C.